The van der Waals surface area contributed by atoms with Gasteiger partial charge in [-0.15, -0.1) is 10.2 Å². The van der Waals surface area contributed by atoms with Gasteiger partial charge in [-0.25, -0.2) is 0 Å². The van der Waals surface area contributed by atoms with Gasteiger partial charge in [-0.2, -0.15) is 0 Å². The van der Waals surface area contributed by atoms with Crippen LogP contribution in [0.1, 0.15) is 57.3 Å². The van der Waals surface area contributed by atoms with Gasteiger partial charge in [-0.05, 0) is 19.3 Å². The molecule has 128 valence electrons. The average molecular weight is 340 g/mol. The molecule has 0 unspecified atom stereocenters. The number of carbonyl (C=O) groups is 2. The summed E-state index contributed by atoms with van der Waals surface area (Å²) in [7, 11) is 0. The van der Waals surface area contributed by atoms with Crippen LogP contribution in [0.2, 0.25) is 0 Å². The zero-order chi connectivity index (χ0) is 16.5. The molecule has 8 heteroatoms. The van der Waals surface area contributed by atoms with E-state index in [1.807, 2.05) is 6.92 Å². The second-order valence-electron chi connectivity index (χ2n) is 5.66. The summed E-state index contributed by atoms with van der Waals surface area (Å²) in [5, 5.41) is 13.8. The predicted octanol–water partition coefficient (Wildman–Crippen LogP) is 1.85. The Kier molecular flexibility index (Phi) is 7.38. The molecule has 0 aliphatic heterocycles. The van der Waals surface area contributed by atoms with Gasteiger partial charge in [0.25, 0.3) is 5.22 Å². The maximum atomic E-state index is 11.7. The minimum absolute atomic E-state index is 0.00342. The second kappa shape index (κ2) is 9.54. The predicted molar refractivity (Wildman–Crippen MR) is 87.2 cm³/mol. The van der Waals surface area contributed by atoms with E-state index in [9.17, 15) is 9.59 Å². The van der Waals surface area contributed by atoms with Gasteiger partial charge >= 0.3 is 0 Å². The van der Waals surface area contributed by atoms with Crippen molar-refractivity contribution < 1.29 is 14.0 Å². The SMILES string of the molecule is CCCNC(=O)CNC(=O)CSc1nnc(C2CCCCC2)o1. The summed E-state index contributed by atoms with van der Waals surface area (Å²) in [5.41, 5.74) is 0. The minimum atomic E-state index is -0.223. The number of carbonyl (C=O) groups excluding carboxylic acids is 2. The van der Waals surface area contributed by atoms with Crippen molar-refractivity contribution in [3.8, 4) is 0 Å². The first-order valence-corrected chi connectivity index (χ1v) is 9.17. The quantitative estimate of drug-likeness (QED) is 0.701. The fourth-order valence-electron chi connectivity index (χ4n) is 2.48. The third-order valence-corrected chi connectivity index (χ3v) is 4.54. The summed E-state index contributed by atoms with van der Waals surface area (Å²) < 4.78 is 5.63. The highest BCUT2D eigenvalue weighted by Crippen LogP contribution is 2.32. The molecule has 1 aliphatic carbocycles. The summed E-state index contributed by atoms with van der Waals surface area (Å²) in [4.78, 5) is 23.1. The lowest BCUT2D eigenvalue weighted by molar-refractivity contribution is -0.124. The number of rotatable bonds is 8. The van der Waals surface area contributed by atoms with Crippen molar-refractivity contribution in [2.24, 2.45) is 0 Å². The van der Waals surface area contributed by atoms with Crippen molar-refractivity contribution in [3.05, 3.63) is 5.89 Å². The van der Waals surface area contributed by atoms with Gasteiger partial charge < -0.3 is 15.1 Å². The molecule has 2 rings (SSSR count). The van der Waals surface area contributed by atoms with Gasteiger partial charge in [0, 0.05) is 12.5 Å². The maximum Gasteiger partial charge on any atom is 0.277 e. The molecule has 0 radical (unpaired) electrons. The van der Waals surface area contributed by atoms with Crippen LogP contribution >= 0.6 is 11.8 Å². The smallest absolute Gasteiger partial charge is 0.277 e. The summed E-state index contributed by atoms with van der Waals surface area (Å²) in [5.74, 6) is 0.808. The normalized spacial score (nSPS) is 15.3. The van der Waals surface area contributed by atoms with Crippen LogP contribution in [0.25, 0.3) is 0 Å². The van der Waals surface area contributed by atoms with E-state index >= 15 is 0 Å². The number of hydrogen-bond donors (Lipinski definition) is 2. The number of aromatic nitrogens is 2. The van der Waals surface area contributed by atoms with Crippen LogP contribution in [0.5, 0.6) is 0 Å². The molecule has 7 nitrogen and oxygen atoms in total. The van der Waals surface area contributed by atoms with Crippen molar-refractivity contribution >= 4 is 23.6 Å². The Hall–Kier alpha value is -1.57. The van der Waals surface area contributed by atoms with Crippen molar-refractivity contribution in [2.45, 2.75) is 56.6 Å². The van der Waals surface area contributed by atoms with Crippen LogP contribution < -0.4 is 10.6 Å². The molecule has 1 aromatic heterocycles. The Bertz CT molecular complexity index is 515. The summed E-state index contributed by atoms with van der Waals surface area (Å²) >= 11 is 1.20. The first kappa shape index (κ1) is 17.8. The topological polar surface area (TPSA) is 97.1 Å². The Morgan fingerprint density at radius 1 is 1.17 bits per heavy atom. The first-order valence-electron chi connectivity index (χ1n) is 8.18. The molecule has 1 heterocycles. The minimum Gasteiger partial charge on any atom is -0.416 e. The van der Waals surface area contributed by atoms with Crippen LogP contribution in [0.4, 0.5) is 0 Å². The molecular formula is C15H24N4O3S. The van der Waals surface area contributed by atoms with Gasteiger partial charge in [-0.3, -0.25) is 9.59 Å². The largest absolute Gasteiger partial charge is 0.416 e. The van der Waals surface area contributed by atoms with E-state index in [1.165, 1.54) is 31.0 Å². The highest BCUT2D eigenvalue weighted by atomic mass is 32.2. The Labute approximate surface area is 140 Å². The fraction of sp³-hybridized carbons (Fsp3) is 0.733. The number of amides is 2. The van der Waals surface area contributed by atoms with Gasteiger partial charge in [0.15, 0.2) is 0 Å². The van der Waals surface area contributed by atoms with E-state index in [2.05, 4.69) is 20.8 Å². The molecule has 0 spiro atoms. The van der Waals surface area contributed by atoms with Crippen LogP contribution in [-0.2, 0) is 9.59 Å². The van der Waals surface area contributed by atoms with E-state index in [0.29, 0.717) is 23.6 Å². The van der Waals surface area contributed by atoms with E-state index in [-0.39, 0.29) is 24.1 Å². The molecule has 1 fully saturated rings. The van der Waals surface area contributed by atoms with E-state index in [0.717, 1.165) is 19.3 Å². The van der Waals surface area contributed by atoms with E-state index in [1.54, 1.807) is 0 Å². The molecule has 1 aromatic rings. The number of hydrogen-bond acceptors (Lipinski definition) is 6. The fourth-order valence-corrected chi connectivity index (χ4v) is 3.08. The van der Waals surface area contributed by atoms with Gasteiger partial charge in [-0.1, -0.05) is 37.9 Å². The summed E-state index contributed by atoms with van der Waals surface area (Å²) in [6.07, 6.45) is 6.75. The van der Waals surface area contributed by atoms with E-state index < -0.39 is 0 Å². The molecule has 23 heavy (non-hydrogen) atoms. The summed E-state index contributed by atoms with van der Waals surface area (Å²) in [6.45, 7) is 2.59. The third kappa shape index (κ3) is 6.21. The van der Waals surface area contributed by atoms with Crippen molar-refractivity contribution in [2.75, 3.05) is 18.8 Å². The van der Waals surface area contributed by atoms with Crippen molar-refractivity contribution in [1.29, 1.82) is 0 Å². The average Bonchev–Trinajstić information content (AvgIpc) is 3.06. The molecule has 1 saturated carbocycles. The molecular weight excluding hydrogens is 316 g/mol. The Balaban J connectivity index is 1.68. The van der Waals surface area contributed by atoms with Crippen LogP contribution in [0, 0.1) is 0 Å². The van der Waals surface area contributed by atoms with Crippen molar-refractivity contribution in [1.82, 2.24) is 20.8 Å². The number of thioether (sulfide) groups is 1. The monoisotopic (exact) mass is 340 g/mol. The standard InChI is InChI=1S/C15H24N4O3S/c1-2-8-16-12(20)9-17-13(21)10-23-15-19-18-14(22-15)11-6-4-3-5-7-11/h11H,2-10H2,1H3,(H,16,20)(H,17,21). The molecule has 2 N–H and O–H groups in total. The van der Waals surface area contributed by atoms with Crippen LogP contribution in [0.15, 0.2) is 9.64 Å². The highest BCUT2D eigenvalue weighted by molar-refractivity contribution is 7.99. The zero-order valence-corrected chi connectivity index (χ0v) is 14.3. The molecule has 0 atom stereocenters. The number of nitrogens with zero attached hydrogens (tertiary/aromatic N) is 2. The van der Waals surface area contributed by atoms with Crippen LogP contribution in [0.3, 0.4) is 0 Å². The van der Waals surface area contributed by atoms with Crippen molar-refractivity contribution in [3.63, 3.8) is 0 Å². The summed E-state index contributed by atoms with van der Waals surface area (Å²) in [6, 6.07) is 0. The lowest BCUT2D eigenvalue weighted by Crippen LogP contribution is -2.37. The molecule has 2 amide bonds. The molecule has 1 aliphatic rings. The lowest BCUT2D eigenvalue weighted by Gasteiger charge is -2.17. The Morgan fingerprint density at radius 3 is 2.70 bits per heavy atom. The van der Waals surface area contributed by atoms with E-state index in [4.69, 9.17) is 4.42 Å². The molecule has 0 saturated heterocycles. The van der Waals surface area contributed by atoms with Gasteiger partial charge in [0.05, 0.1) is 12.3 Å². The first-order chi connectivity index (χ1) is 11.2. The Morgan fingerprint density at radius 2 is 1.96 bits per heavy atom. The highest BCUT2D eigenvalue weighted by Gasteiger charge is 2.21. The van der Waals surface area contributed by atoms with Gasteiger partial charge in [0.1, 0.15) is 0 Å². The van der Waals surface area contributed by atoms with Crippen LogP contribution in [-0.4, -0.2) is 40.9 Å². The van der Waals surface area contributed by atoms with Gasteiger partial charge in [0.2, 0.25) is 17.7 Å². The lowest BCUT2D eigenvalue weighted by atomic mass is 9.89. The molecule has 0 aromatic carbocycles. The zero-order valence-electron chi connectivity index (χ0n) is 13.5. The second-order valence-corrected chi connectivity index (χ2v) is 6.58. The number of nitrogens with one attached hydrogen (secondary N) is 2. The maximum absolute atomic E-state index is 11.7. The third-order valence-electron chi connectivity index (χ3n) is 3.72. The molecule has 0 bridgehead atoms.